The van der Waals surface area contributed by atoms with E-state index in [4.69, 9.17) is 9.47 Å². The molecule has 1 aliphatic heterocycles. The third kappa shape index (κ3) is 3.97. The topological polar surface area (TPSA) is 59.0 Å². The van der Waals surface area contributed by atoms with Crippen LogP contribution < -0.4 is 4.74 Å². The van der Waals surface area contributed by atoms with E-state index in [1.165, 1.54) is 24.3 Å². The average Bonchev–Trinajstić information content (AvgIpc) is 2.64. The van der Waals surface area contributed by atoms with Crippen molar-refractivity contribution >= 4 is 5.91 Å². The summed E-state index contributed by atoms with van der Waals surface area (Å²) in [6.45, 7) is 1.22. The first-order valence-electron chi connectivity index (χ1n) is 8.05. The van der Waals surface area contributed by atoms with Gasteiger partial charge in [0.1, 0.15) is 17.7 Å². The van der Waals surface area contributed by atoms with Crippen LogP contribution >= 0.6 is 0 Å². The smallest absolute Gasteiger partial charge is 0.255 e. The molecule has 1 N–H and O–H groups in total. The number of nitrogens with zero attached hydrogens (tertiary/aromatic N) is 1. The Bertz CT molecular complexity index is 717. The highest BCUT2D eigenvalue weighted by Gasteiger charge is 2.35. The van der Waals surface area contributed by atoms with Gasteiger partial charge in [-0.25, -0.2) is 4.39 Å². The first-order chi connectivity index (χ1) is 12.1. The number of morpholine rings is 1. The van der Waals surface area contributed by atoms with Gasteiger partial charge in [0.05, 0.1) is 13.7 Å². The van der Waals surface area contributed by atoms with E-state index < -0.39 is 18.0 Å². The van der Waals surface area contributed by atoms with Crippen molar-refractivity contribution in [3.05, 3.63) is 65.5 Å². The predicted molar refractivity (Wildman–Crippen MR) is 89.5 cm³/mol. The summed E-state index contributed by atoms with van der Waals surface area (Å²) in [6.07, 6.45) is -2.12. The number of aliphatic hydroxyl groups excluding tert-OH is 1. The number of hydrogen-bond acceptors (Lipinski definition) is 4. The van der Waals surface area contributed by atoms with Gasteiger partial charge in [-0.1, -0.05) is 24.3 Å². The van der Waals surface area contributed by atoms with Crippen LogP contribution in [0.5, 0.6) is 5.75 Å². The van der Waals surface area contributed by atoms with E-state index in [1.807, 2.05) is 24.3 Å². The highest BCUT2D eigenvalue weighted by Crippen LogP contribution is 2.24. The number of carbonyl (C=O) groups excluding carboxylic acids is 1. The number of halogens is 1. The minimum atomic E-state index is -1.13. The molecule has 1 fully saturated rings. The van der Waals surface area contributed by atoms with Crippen molar-refractivity contribution in [1.29, 1.82) is 0 Å². The first-order valence-corrected chi connectivity index (χ1v) is 8.05. The van der Waals surface area contributed by atoms with Crippen molar-refractivity contribution in [2.24, 2.45) is 0 Å². The molecule has 2 unspecified atom stereocenters. The summed E-state index contributed by atoms with van der Waals surface area (Å²) >= 11 is 0. The summed E-state index contributed by atoms with van der Waals surface area (Å²) in [5.74, 6) is 0.0773. The van der Waals surface area contributed by atoms with Crippen LogP contribution in [-0.4, -0.2) is 42.3 Å². The lowest BCUT2D eigenvalue weighted by atomic mass is 10.0. The number of amides is 1. The SMILES string of the molecule is COc1ccc(CN2CCOC(C(O)c3ccc(F)cc3)C2=O)cc1. The molecule has 0 bridgehead atoms. The molecule has 0 radical (unpaired) electrons. The van der Waals surface area contributed by atoms with Crippen LogP contribution in [0.15, 0.2) is 48.5 Å². The Morgan fingerprint density at radius 3 is 2.56 bits per heavy atom. The van der Waals surface area contributed by atoms with E-state index in [-0.39, 0.29) is 5.91 Å². The summed E-state index contributed by atoms with van der Waals surface area (Å²) in [7, 11) is 1.60. The maximum Gasteiger partial charge on any atom is 0.255 e. The molecule has 25 heavy (non-hydrogen) atoms. The molecule has 1 heterocycles. The monoisotopic (exact) mass is 345 g/mol. The van der Waals surface area contributed by atoms with Crippen LogP contribution in [0, 0.1) is 5.82 Å². The Kier molecular flexibility index (Phi) is 5.31. The van der Waals surface area contributed by atoms with Crippen molar-refractivity contribution in [2.45, 2.75) is 18.8 Å². The van der Waals surface area contributed by atoms with Crippen molar-refractivity contribution in [2.75, 3.05) is 20.3 Å². The van der Waals surface area contributed by atoms with Crippen LogP contribution in [0.4, 0.5) is 4.39 Å². The Morgan fingerprint density at radius 2 is 1.92 bits per heavy atom. The molecule has 2 aromatic carbocycles. The quantitative estimate of drug-likeness (QED) is 0.903. The lowest BCUT2D eigenvalue weighted by Crippen LogP contribution is -2.49. The Balaban J connectivity index is 1.70. The van der Waals surface area contributed by atoms with E-state index >= 15 is 0 Å². The van der Waals surface area contributed by atoms with Gasteiger partial charge in [-0.3, -0.25) is 4.79 Å². The van der Waals surface area contributed by atoms with Crippen LogP contribution in [0.25, 0.3) is 0 Å². The van der Waals surface area contributed by atoms with Crippen LogP contribution in [-0.2, 0) is 16.1 Å². The fraction of sp³-hybridized carbons (Fsp3) is 0.316. The first kappa shape index (κ1) is 17.4. The zero-order valence-electron chi connectivity index (χ0n) is 13.9. The molecule has 2 aromatic rings. The maximum atomic E-state index is 13.0. The van der Waals surface area contributed by atoms with E-state index in [2.05, 4.69) is 0 Å². The second-order valence-electron chi connectivity index (χ2n) is 5.90. The number of aliphatic hydroxyl groups is 1. The number of benzene rings is 2. The molecule has 132 valence electrons. The molecular weight excluding hydrogens is 325 g/mol. The van der Waals surface area contributed by atoms with Gasteiger partial charge in [0.2, 0.25) is 0 Å². The van der Waals surface area contributed by atoms with Gasteiger partial charge in [0, 0.05) is 13.1 Å². The summed E-state index contributed by atoms with van der Waals surface area (Å²) in [5.41, 5.74) is 1.41. The Morgan fingerprint density at radius 1 is 1.24 bits per heavy atom. The molecule has 1 saturated heterocycles. The third-order valence-corrected chi connectivity index (χ3v) is 4.24. The van der Waals surface area contributed by atoms with E-state index in [0.29, 0.717) is 25.3 Å². The molecule has 0 aliphatic carbocycles. The van der Waals surface area contributed by atoms with Crippen LogP contribution in [0.1, 0.15) is 17.2 Å². The van der Waals surface area contributed by atoms with Gasteiger partial charge in [-0.15, -0.1) is 0 Å². The largest absolute Gasteiger partial charge is 0.497 e. The van der Waals surface area contributed by atoms with Crippen LogP contribution in [0.2, 0.25) is 0 Å². The summed E-state index contributed by atoms with van der Waals surface area (Å²) in [5, 5.41) is 10.4. The molecule has 3 rings (SSSR count). The molecular formula is C19H20FNO4. The highest BCUT2D eigenvalue weighted by atomic mass is 19.1. The molecule has 6 heteroatoms. The van der Waals surface area contributed by atoms with Gasteiger partial charge >= 0.3 is 0 Å². The number of rotatable bonds is 5. The minimum absolute atomic E-state index is 0.279. The summed E-state index contributed by atoms with van der Waals surface area (Å²) in [4.78, 5) is 14.3. The second-order valence-corrected chi connectivity index (χ2v) is 5.90. The van der Waals surface area contributed by atoms with Gasteiger partial charge in [-0.05, 0) is 35.4 Å². The number of methoxy groups -OCH3 is 1. The van der Waals surface area contributed by atoms with Crippen molar-refractivity contribution in [1.82, 2.24) is 4.90 Å². The molecule has 0 aromatic heterocycles. The lowest BCUT2D eigenvalue weighted by Gasteiger charge is -2.34. The molecule has 1 amide bonds. The fourth-order valence-corrected chi connectivity index (χ4v) is 2.82. The number of carbonyl (C=O) groups is 1. The van der Waals surface area contributed by atoms with Gasteiger partial charge < -0.3 is 19.5 Å². The van der Waals surface area contributed by atoms with Gasteiger partial charge in [0.25, 0.3) is 5.91 Å². The van der Waals surface area contributed by atoms with E-state index in [0.717, 1.165) is 11.3 Å². The van der Waals surface area contributed by atoms with E-state index in [1.54, 1.807) is 12.0 Å². The van der Waals surface area contributed by atoms with Crippen molar-refractivity contribution in [3.8, 4) is 5.75 Å². The molecule has 1 aliphatic rings. The highest BCUT2D eigenvalue weighted by molar-refractivity contribution is 5.82. The van der Waals surface area contributed by atoms with Crippen molar-refractivity contribution < 1.29 is 23.8 Å². The fourth-order valence-electron chi connectivity index (χ4n) is 2.82. The minimum Gasteiger partial charge on any atom is -0.497 e. The normalized spacial score (nSPS) is 18.9. The molecule has 0 spiro atoms. The standard InChI is InChI=1S/C19H20FNO4/c1-24-16-8-2-13(3-9-16)12-21-10-11-25-18(19(21)23)17(22)14-4-6-15(20)7-5-14/h2-9,17-18,22H,10-12H2,1H3. The van der Waals surface area contributed by atoms with Crippen molar-refractivity contribution in [3.63, 3.8) is 0 Å². The van der Waals surface area contributed by atoms with Crippen LogP contribution in [0.3, 0.4) is 0 Å². The zero-order valence-corrected chi connectivity index (χ0v) is 13.9. The average molecular weight is 345 g/mol. The second kappa shape index (κ2) is 7.63. The molecule has 5 nitrogen and oxygen atoms in total. The summed E-state index contributed by atoms with van der Waals surface area (Å²) in [6, 6.07) is 12.9. The Labute approximate surface area is 145 Å². The lowest BCUT2D eigenvalue weighted by molar-refractivity contribution is -0.164. The third-order valence-electron chi connectivity index (χ3n) is 4.24. The van der Waals surface area contributed by atoms with E-state index in [9.17, 15) is 14.3 Å². The van der Waals surface area contributed by atoms with Gasteiger partial charge in [0.15, 0.2) is 6.10 Å². The van der Waals surface area contributed by atoms with Gasteiger partial charge in [-0.2, -0.15) is 0 Å². The molecule has 2 atom stereocenters. The summed E-state index contributed by atoms with van der Waals surface area (Å²) < 4.78 is 23.6. The number of ether oxygens (including phenoxy) is 2. The molecule has 0 saturated carbocycles. The number of hydrogen-bond donors (Lipinski definition) is 1. The predicted octanol–water partition coefficient (Wildman–Crippen LogP) is 2.30. The zero-order chi connectivity index (χ0) is 17.8. The maximum absolute atomic E-state index is 13.0. The Hall–Kier alpha value is -2.44.